The zero-order valence-corrected chi connectivity index (χ0v) is 13.7. The highest BCUT2D eigenvalue weighted by Crippen LogP contribution is 2.31. The molecule has 0 unspecified atom stereocenters. The van der Waals surface area contributed by atoms with Crippen molar-refractivity contribution < 1.29 is 0 Å². The number of nitrogens with one attached hydrogen (secondary N) is 1. The first-order chi connectivity index (χ1) is 10.1. The van der Waals surface area contributed by atoms with Crippen molar-refractivity contribution in [2.75, 3.05) is 0 Å². The van der Waals surface area contributed by atoms with Crippen molar-refractivity contribution in [3.8, 4) is 0 Å². The van der Waals surface area contributed by atoms with Gasteiger partial charge in [0, 0.05) is 23.7 Å². The summed E-state index contributed by atoms with van der Waals surface area (Å²) in [7, 11) is 0. The monoisotopic (exact) mass is 282 g/mol. The Balaban J connectivity index is 2.23. The van der Waals surface area contributed by atoms with E-state index in [0.29, 0.717) is 6.04 Å². The van der Waals surface area contributed by atoms with Gasteiger partial charge in [0.05, 0.1) is 5.52 Å². The van der Waals surface area contributed by atoms with Crippen LogP contribution in [0.15, 0.2) is 12.1 Å². The topological polar surface area (TPSA) is 24.9 Å². The fourth-order valence-electron chi connectivity index (χ4n) is 3.56. The normalized spacial score (nSPS) is 14.7. The van der Waals surface area contributed by atoms with Gasteiger partial charge in [-0.2, -0.15) is 0 Å². The predicted octanol–water partition coefficient (Wildman–Crippen LogP) is 4.23. The summed E-state index contributed by atoms with van der Waals surface area (Å²) < 4.78 is 0. The van der Waals surface area contributed by atoms with E-state index in [1.807, 2.05) is 0 Å². The molecular formula is C19H26N2. The molecule has 1 aliphatic rings. The summed E-state index contributed by atoms with van der Waals surface area (Å²) in [6.07, 6.45) is 4.93. The molecule has 0 bridgehead atoms. The Bertz CT molecular complexity index is 671. The molecule has 0 fully saturated rings. The maximum Gasteiger partial charge on any atom is 0.0714 e. The maximum absolute atomic E-state index is 5.00. The fourth-order valence-corrected chi connectivity index (χ4v) is 3.56. The Kier molecular flexibility index (Phi) is 3.99. The van der Waals surface area contributed by atoms with Gasteiger partial charge in [-0.3, -0.25) is 4.98 Å². The smallest absolute Gasteiger partial charge is 0.0714 e. The van der Waals surface area contributed by atoms with Gasteiger partial charge < -0.3 is 5.32 Å². The Morgan fingerprint density at radius 2 is 1.90 bits per heavy atom. The molecule has 0 radical (unpaired) electrons. The first kappa shape index (κ1) is 14.5. The number of rotatable bonds is 3. The molecule has 2 heteroatoms. The summed E-state index contributed by atoms with van der Waals surface area (Å²) in [6.45, 7) is 9.79. The minimum Gasteiger partial charge on any atom is -0.310 e. The highest BCUT2D eigenvalue weighted by Gasteiger charge is 2.19. The van der Waals surface area contributed by atoms with Crippen molar-refractivity contribution in [3.05, 3.63) is 40.1 Å². The number of hydrogen-bond donors (Lipinski definition) is 1. The Morgan fingerprint density at radius 1 is 1.14 bits per heavy atom. The average molecular weight is 282 g/mol. The van der Waals surface area contributed by atoms with Crippen LogP contribution in [0.25, 0.3) is 10.9 Å². The molecule has 21 heavy (non-hydrogen) atoms. The quantitative estimate of drug-likeness (QED) is 0.911. The number of nitrogens with zero attached hydrogens (tertiary/aromatic N) is 1. The summed E-state index contributed by atoms with van der Waals surface area (Å²) >= 11 is 0. The summed E-state index contributed by atoms with van der Waals surface area (Å²) in [5, 5.41) is 5.00. The minimum atomic E-state index is 0.512. The lowest BCUT2D eigenvalue weighted by Gasteiger charge is -2.23. The molecule has 1 aromatic heterocycles. The Morgan fingerprint density at radius 3 is 2.67 bits per heavy atom. The molecule has 1 aromatic carbocycles. The molecule has 112 valence electrons. The number of hydrogen-bond acceptors (Lipinski definition) is 2. The van der Waals surface area contributed by atoms with Gasteiger partial charge >= 0.3 is 0 Å². The number of fused-ring (bicyclic) bond motifs is 2. The molecule has 1 aliphatic carbocycles. The van der Waals surface area contributed by atoms with Gasteiger partial charge in [0.15, 0.2) is 0 Å². The third-order valence-corrected chi connectivity index (χ3v) is 4.51. The standard InChI is InChI=1S/C19H26N2/c1-12(2)20-11-16-15-7-5-6-8-17(15)21-18-10-13(3)9-14(4)19(16)18/h9-10,12,20H,5-8,11H2,1-4H3. The molecule has 0 saturated heterocycles. The largest absolute Gasteiger partial charge is 0.310 e. The second kappa shape index (κ2) is 5.76. The van der Waals surface area contributed by atoms with Crippen molar-refractivity contribution >= 4 is 10.9 Å². The second-order valence-corrected chi connectivity index (χ2v) is 6.73. The van der Waals surface area contributed by atoms with Gasteiger partial charge in [-0.05, 0) is 67.9 Å². The van der Waals surface area contributed by atoms with E-state index < -0.39 is 0 Å². The van der Waals surface area contributed by atoms with Crippen LogP contribution in [0, 0.1) is 13.8 Å². The number of aryl methyl sites for hydroxylation is 3. The van der Waals surface area contributed by atoms with E-state index in [1.165, 1.54) is 58.1 Å². The van der Waals surface area contributed by atoms with E-state index in [1.54, 1.807) is 0 Å². The van der Waals surface area contributed by atoms with Crippen molar-refractivity contribution in [2.45, 2.75) is 66.0 Å². The van der Waals surface area contributed by atoms with Crippen LogP contribution >= 0.6 is 0 Å². The van der Waals surface area contributed by atoms with E-state index >= 15 is 0 Å². The highest BCUT2D eigenvalue weighted by atomic mass is 14.9. The molecule has 0 aliphatic heterocycles. The minimum absolute atomic E-state index is 0.512. The molecule has 0 spiro atoms. The summed E-state index contributed by atoms with van der Waals surface area (Å²) in [5.41, 5.74) is 8.24. The first-order valence-corrected chi connectivity index (χ1v) is 8.21. The fraction of sp³-hybridized carbons (Fsp3) is 0.526. The molecule has 0 saturated carbocycles. The van der Waals surface area contributed by atoms with Gasteiger partial charge in [0.25, 0.3) is 0 Å². The van der Waals surface area contributed by atoms with Crippen LogP contribution in [0.2, 0.25) is 0 Å². The summed E-state index contributed by atoms with van der Waals surface area (Å²) in [5.74, 6) is 0. The van der Waals surface area contributed by atoms with Gasteiger partial charge in [-0.25, -0.2) is 0 Å². The van der Waals surface area contributed by atoms with Crippen LogP contribution < -0.4 is 5.32 Å². The van der Waals surface area contributed by atoms with Crippen molar-refractivity contribution in [1.82, 2.24) is 10.3 Å². The maximum atomic E-state index is 5.00. The van der Waals surface area contributed by atoms with Crippen molar-refractivity contribution in [3.63, 3.8) is 0 Å². The van der Waals surface area contributed by atoms with E-state index in [0.717, 1.165) is 13.0 Å². The molecule has 0 atom stereocenters. The van der Waals surface area contributed by atoms with Crippen molar-refractivity contribution in [2.24, 2.45) is 0 Å². The zero-order valence-electron chi connectivity index (χ0n) is 13.7. The lowest BCUT2D eigenvalue weighted by molar-refractivity contribution is 0.581. The van der Waals surface area contributed by atoms with Crippen LogP contribution in [-0.4, -0.2) is 11.0 Å². The number of pyridine rings is 1. The second-order valence-electron chi connectivity index (χ2n) is 6.73. The number of benzene rings is 1. The van der Waals surface area contributed by atoms with Crippen molar-refractivity contribution in [1.29, 1.82) is 0 Å². The molecular weight excluding hydrogens is 256 g/mol. The lowest BCUT2D eigenvalue weighted by atomic mass is 9.88. The Labute approximate surface area is 128 Å². The van der Waals surface area contributed by atoms with Crippen LogP contribution in [-0.2, 0) is 19.4 Å². The van der Waals surface area contributed by atoms with Gasteiger partial charge in [0.2, 0.25) is 0 Å². The molecule has 3 rings (SSSR count). The van der Waals surface area contributed by atoms with Crippen LogP contribution in [0.4, 0.5) is 0 Å². The first-order valence-electron chi connectivity index (χ1n) is 8.21. The summed E-state index contributed by atoms with van der Waals surface area (Å²) in [6, 6.07) is 5.05. The lowest BCUT2D eigenvalue weighted by Crippen LogP contribution is -2.24. The van der Waals surface area contributed by atoms with E-state index in [-0.39, 0.29) is 0 Å². The van der Waals surface area contributed by atoms with Crippen LogP contribution in [0.3, 0.4) is 0 Å². The van der Waals surface area contributed by atoms with E-state index in [4.69, 9.17) is 4.98 Å². The van der Waals surface area contributed by atoms with E-state index in [2.05, 4.69) is 45.1 Å². The average Bonchev–Trinajstić information content (AvgIpc) is 2.43. The van der Waals surface area contributed by atoms with Gasteiger partial charge in [-0.15, -0.1) is 0 Å². The zero-order chi connectivity index (χ0) is 15.0. The molecule has 1 heterocycles. The van der Waals surface area contributed by atoms with E-state index in [9.17, 15) is 0 Å². The van der Waals surface area contributed by atoms with Gasteiger partial charge in [-0.1, -0.05) is 19.9 Å². The highest BCUT2D eigenvalue weighted by molar-refractivity contribution is 5.87. The van der Waals surface area contributed by atoms with Crippen LogP contribution in [0.1, 0.15) is 54.6 Å². The third-order valence-electron chi connectivity index (χ3n) is 4.51. The van der Waals surface area contributed by atoms with Crippen LogP contribution in [0.5, 0.6) is 0 Å². The molecule has 2 nitrogen and oxygen atoms in total. The molecule has 1 N–H and O–H groups in total. The molecule has 0 amide bonds. The number of aromatic nitrogens is 1. The van der Waals surface area contributed by atoms with Gasteiger partial charge in [0.1, 0.15) is 0 Å². The predicted molar refractivity (Wildman–Crippen MR) is 89.8 cm³/mol. The molecule has 2 aromatic rings. The third kappa shape index (κ3) is 2.82. The Hall–Kier alpha value is -1.41. The SMILES string of the molecule is Cc1cc(C)c2c(CNC(C)C)c3c(nc2c1)CCCC3. The summed E-state index contributed by atoms with van der Waals surface area (Å²) in [4.78, 5) is 5.00.